The molecule has 102 valence electrons. The van der Waals surface area contributed by atoms with Crippen LogP contribution in [0.3, 0.4) is 0 Å². The van der Waals surface area contributed by atoms with Crippen molar-refractivity contribution in [3.05, 3.63) is 59.6 Å². The number of anilines is 1. The van der Waals surface area contributed by atoms with Gasteiger partial charge in [-0.25, -0.2) is 0 Å². The minimum absolute atomic E-state index is 0.504. The van der Waals surface area contributed by atoms with Crippen molar-refractivity contribution in [2.45, 2.75) is 31.8 Å². The van der Waals surface area contributed by atoms with Crippen LogP contribution in [0.5, 0.6) is 0 Å². The molecule has 0 bridgehead atoms. The highest BCUT2D eigenvalue weighted by Gasteiger charge is 2.29. The molecule has 3 heteroatoms. The van der Waals surface area contributed by atoms with Crippen molar-refractivity contribution >= 4 is 11.4 Å². The second-order valence-electron chi connectivity index (χ2n) is 5.47. The molecule has 2 aromatic rings. The lowest BCUT2D eigenvalue weighted by Crippen LogP contribution is -2.27. The molecule has 1 fully saturated rings. The number of hydrogen-bond acceptors (Lipinski definition) is 3. The fraction of sp³-hybridized carbons (Fsp3) is 0.294. The summed E-state index contributed by atoms with van der Waals surface area (Å²) in [6.07, 6.45) is 5.42. The first-order chi connectivity index (χ1) is 9.92. The molecule has 0 saturated heterocycles. The third-order valence-corrected chi connectivity index (χ3v) is 4.23. The average molecular weight is 266 g/mol. The van der Waals surface area contributed by atoms with Gasteiger partial charge in [-0.05, 0) is 43.0 Å². The maximum Gasteiger partial charge on any atom is 0.122 e. The molecular formula is C17H18N2O. The Morgan fingerprint density at radius 3 is 3.05 bits per heavy atom. The average Bonchev–Trinajstić information content (AvgIpc) is 3.14. The van der Waals surface area contributed by atoms with Crippen molar-refractivity contribution in [2.24, 2.45) is 0 Å². The van der Waals surface area contributed by atoms with Crippen LogP contribution in [0.15, 0.2) is 52.7 Å². The van der Waals surface area contributed by atoms with Gasteiger partial charge in [0.15, 0.2) is 0 Å². The van der Waals surface area contributed by atoms with Crippen LogP contribution in [-0.4, -0.2) is 6.04 Å². The molecule has 0 amide bonds. The summed E-state index contributed by atoms with van der Waals surface area (Å²) in [4.78, 5) is 0. The number of furan rings is 1. The second kappa shape index (κ2) is 4.75. The van der Waals surface area contributed by atoms with Crippen LogP contribution < -0.4 is 10.6 Å². The van der Waals surface area contributed by atoms with Gasteiger partial charge in [0.1, 0.15) is 5.76 Å². The molecule has 1 aliphatic carbocycles. The van der Waals surface area contributed by atoms with Crippen molar-refractivity contribution in [3.8, 4) is 0 Å². The van der Waals surface area contributed by atoms with Gasteiger partial charge in [0.05, 0.1) is 12.8 Å². The van der Waals surface area contributed by atoms with E-state index in [0.29, 0.717) is 6.04 Å². The van der Waals surface area contributed by atoms with Crippen molar-refractivity contribution in [1.82, 2.24) is 5.32 Å². The molecule has 1 aromatic heterocycles. The molecular weight excluding hydrogens is 248 g/mol. The largest absolute Gasteiger partial charge is 0.467 e. The van der Waals surface area contributed by atoms with Gasteiger partial charge in [-0.1, -0.05) is 18.2 Å². The lowest BCUT2D eigenvalue weighted by molar-refractivity contribution is 0.501. The molecule has 0 radical (unpaired) electrons. The molecule has 4 rings (SSSR count). The predicted molar refractivity (Wildman–Crippen MR) is 80.2 cm³/mol. The molecule has 1 aliphatic heterocycles. The Bertz CT molecular complexity index is 643. The molecule has 20 heavy (non-hydrogen) atoms. The highest BCUT2D eigenvalue weighted by atomic mass is 16.3. The Kier molecular flexibility index (Phi) is 2.76. The first-order valence-electron chi connectivity index (χ1n) is 7.27. The SMILES string of the molecule is c1coc(CNC2=C3CCCC3Nc3ccccc32)c1. The van der Waals surface area contributed by atoms with E-state index in [4.69, 9.17) is 4.42 Å². The summed E-state index contributed by atoms with van der Waals surface area (Å²) in [6.45, 7) is 0.743. The van der Waals surface area contributed by atoms with Crippen molar-refractivity contribution < 1.29 is 4.42 Å². The molecule has 2 heterocycles. The summed E-state index contributed by atoms with van der Waals surface area (Å²) < 4.78 is 5.42. The van der Waals surface area contributed by atoms with E-state index in [9.17, 15) is 0 Å². The third kappa shape index (κ3) is 1.90. The summed E-state index contributed by atoms with van der Waals surface area (Å²) >= 11 is 0. The topological polar surface area (TPSA) is 37.2 Å². The maximum absolute atomic E-state index is 5.42. The van der Waals surface area contributed by atoms with Gasteiger partial charge in [-0.2, -0.15) is 0 Å². The smallest absolute Gasteiger partial charge is 0.122 e. The van der Waals surface area contributed by atoms with Gasteiger partial charge in [0, 0.05) is 23.0 Å². The highest BCUT2D eigenvalue weighted by Crippen LogP contribution is 2.39. The Hall–Kier alpha value is -2.16. The van der Waals surface area contributed by atoms with Crippen LogP contribution in [-0.2, 0) is 6.54 Å². The van der Waals surface area contributed by atoms with Crippen molar-refractivity contribution in [3.63, 3.8) is 0 Å². The Labute approximate surface area is 118 Å². The maximum atomic E-state index is 5.42. The fourth-order valence-corrected chi connectivity index (χ4v) is 3.29. The molecule has 2 N–H and O–H groups in total. The number of nitrogens with one attached hydrogen (secondary N) is 2. The molecule has 1 unspecified atom stereocenters. The summed E-state index contributed by atoms with van der Waals surface area (Å²) in [5.74, 6) is 0.976. The van der Waals surface area contributed by atoms with E-state index in [2.05, 4.69) is 34.9 Å². The van der Waals surface area contributed by atoms with Crippen LogP contribution >= 0.6 is 0 Å². The van der Waals surface area contributed by atoms with E-state index >= 15 is 0 Å². The number of rotatable bonds is 3. The summed E-state index contributed by atoms with van der Waals surface area (Å²) in [7, 11) is 0. The van der Waals surface area contributed by atoms with Crippen LogP contribution in [0.2, 0.25) is 0 Å². The van der Waals surface area contributed by atoms with Gasteiger partial charge in [0.25, 0.3) is 0 Å². The Morgan fingerprint density at radius 2 is 2.15 bits per heavy atom. The molecule has 1 atom stereocenters. The van der Waals surface area contributed by atoms with E-state index in [-0.39, 0.29) is 0 Å². The Morgan fingerprint density at radius 1 is 1.20 bits per heavy atom. The number of fused-ring (bicyclic) bond motifs is 2. The molecule has 3 nitrogen and oxygen atoms in total. The lowest BCUT2D eigenvalue weighted by Gasteiger charge is -2.28. The van der Waals surface area contributed by atoms with E-state index in [0.717, 1.165) is 12.3 Å². The van der Waals surface area contributed by atoms with Gasteiger partial charge in [-0.15, -0.1) is 0 Å². The van der Waals surface area contributed by atoms with Crippen molar-refractivity contribution in [1.29, 1.82) is 0 Å². The second-order valence-corrected chi connectivity index (χ2v) is 5.47. The zero-order chi connectivity index (χ0) is 13.4. The standard InChI is InChI=1S/C17H18N2O/c1-2-8-15-13(6-1)17(14-7-3-9-16(14)19-15)18-11-12-5-4-10-20-12/h1-2,4-6,8,10,16,18-19H,3,7,9,11H2. The minimum Gasteiger partial charge on any atom is -0.467 e. The first-order valence-corrected chi connectivity index (χ1v) is 7.27. The quantitative estimate of drug-likeness (QED) is 0.888. The predicted octanol–water partition coefficient (Wildman–Crippen LogP) is 3.76. The minimum atomic E-state index is 0.504. The molecule has 1 aromatic carbocycles. The van der Waals surface area contributed by atoms with Crippen LogP contribution in [0.1, 0.15) is 30.6 Å². The van der Waals surface area contributed by atoms with E-state index in [1.165, 1.54) is 41.8 Å². The lowest BCUT2D eigenvalue weighted by atomic mass is 9.96. The van der Waals surface area contributed by atoms with E-state index in [1.54, 1.807) is 6.26 Å². The monoisotopic (exact) mass is 266 g/mol. The van der Waals surface area contributed by atoms with Gasteiger partial charge in [-0.3, -0.25) is 0 Å². The molecule has 2 aliphatic rings. The molecule has 1 saturated carbocycles. The normalized spacial score (nSPS) is 20.3. The van der Waals surface area contributed by atoms with E-state index < -0.39 is 0 Å². The highest BCUT2D eigenvalue weighted by molar-refractivity contribution is 5.82. The van der Waals surface area contributed by atoms with Crippen LogP contribution in [0.4, 0.5) is 5.69 Å². The number of hydrogen-bond donors (Lipinski definition) is 2. The first kappa shape index (κ1) is 11.6. The van der Waals surface area contributed by atoms with Gasteiger partial charge < -0.3 is 15.1 Å². The van der Waals surface area contributed by atoms with Crippen molar-refractivity contribution in [2.75, 3.05) is 5.32 Å². The van der Waals surface area contributed by atoms with Crippen LogP contribution in [0.25, 0.3) is 5.70 Å². The van der Waals surface area contributed by atoms with Gasteiger partial charge >= 0.3 is 0 Å². The summed E-state index contributed by atoms with van der Waals surface area (Å²) in [6, 6.07) is 13.0. The number of benzene rings is 1. The Balaban J connectivity index is 1.69. The zero-order valence-electron chi connectivity index (χ0n) is 11.4. The summed E-state index contributed by atoms with van der Waals surface area (Å²) in [5.41, 5.74) is 5.35. The van der Waals surface area contributed by atoms with E-state index in [1.807, 2.05) is 12.1 Å². The number of para-hydroxylation sites is 1. The third-order valence-electron chi connectivity index (χ3n) is 4.23. The summed E-state index contributed by atoms with van der Waals surface area (Å²) in [5, 5.41) is 7.26. The van der Waals surface area contributed by atoms with Crippen LogP contribution in [0, 0.1) is 0 Å². The fourth-order valence-electron chi connectivity index (χ4n) is 3.29. The zero-order valence-corrected chi connectivity index (χ0v) is 11.4. The molecule has 0 spiro atoms. The van der Waals surface area contributed by atoms with Gasteiger partial charge in [0.2, 0.25) is 0 Å².